The molecule has 0 aliphatic carbocycles. The molecule has 0 saturated heterocycles. The summed E-state index contributed by atoms with van der Waals surface area (Å²) in [6, 6.07) is 17.5. The predicted molar refractivity (Wildman–Crippen MR) is 124 cm³/mol. The summed E-state index contributed by atoms with van der Waals surface area (Å²) in [6.45, 7) is 2.67. The highest BCUT2D eigenvalue weighted by atomic mass is 32.2. The lowest BCUT2D eigenvalue weighted by Crippen LogP contribution is -2.24. The van der Waals surface area contributed by atoms with E-state index in [0.717, 1.165) is 28.1 Å². The Morgan fingerprint density at radius 1 is 1.06 bits per heavy atom. The first kappa shape index (κ1) is 21.0. The van der Waals surface area contributed by atoms with Crippen molar-refractivity contribution in [3.05, 3.63) is 78.1 Å². The van der Waals surface area contributed by atoms with Crippen LogP contribution in [0.1, 0.15) is 11.1 Å². The number of carbonyl (C=O) groups is 1. The van der Waals surface area contributed by atoms with Gasteiger partial charge < -0.3 is 14.8 Å². The lowest BCUT2D eigenvalue weighted by atomic mass is 10.2. The number of hydrogen-bond donors (Lipinski definition) is 1. The Balaban J connectivity index is 1.31. The highest BCUT2D eigenvalue weighted by Crippen LogP contribution is 2.32. The van der Waals surface area contributed by atoms with Gasteiger partial charge in [0.15, 0.2) is 22.5 Å². The van der Waals surface area contributed by atoms with Gasteiger partial charge in [-0.1, -0.05) is 36.0 Å². The van der Waals surface area contributed by atoms with E-state index in [1.165, 1.54) is 11.8 Å². The summed E-state index contributed by atoms with van der Waals surface area (Å²) in [5, 5.41) is 12.4. The second kappa shape index (κ2) is 9.33. The van der Waals surface area contributed by atoms with Crippen LogP contribution in [0.2, 0.25) is 0 Å². The van der Waals surface area contributed by atoms with Crippen LogP contribution >= 0.6 is 11.8 Å². The summed E-state index contributed by atoms with van der Waals surface area (Å²) < 4.78 is 12.7. The van der Waals surface area contributed by atoms with Gasteiger partial charge in [0, 0.05) is 24.5 Å². The van der Waals surface area contributed by atoms with E-state index in [1.54, 1.807) is 12.4 Å². The standard InChI is InChI=1S/C24H21N5O3S/c1-16-4-2-3-5-19(16)29-23(18-8-10-25-11-9-18)27-28-24(29)33-14-22(30)26-13-17-6-7-20-21(12-17)32-15-31-20/h2-12H,13-15H2,1H3,(H,26,30). The lowest BCUT2D eigenvalue weighted by Gasteiger charge is -2.13. The fourth-order valence-corrected chi connectivity index (χ4v) is 4.29. The van der Waals surface area contributed by atoms with Gasteiger partial charge in [-0.25, -0.2) is 0 Å². The predicted octanol–water partition coefficient (Wildman–Crippen LogP) is 3.77. The van der Waals surface area contributed by atoms with Gasteiger partial charge in [0.25, 0.3) is 0 Å². The van der Waals surface area contributed by atoms with Crippen molar-refractivity contribution in [1.82, 2.24) is 25.1 Å². The third-order valence-electron chi connectivity index (χ3n) is 5.19. The third kappa shape index (κ3) is 4.54. The summed E-state index contributed by atoms with van der Waals surface area (Å²) >= 11 is 1.35. The maximum Gasteiger partial charge on any atom is 0.231 e. The molecule has 1 aliphatic heterocycles. The van der Waals surface area contributed by atoms with Crippen molar-refractivity contribution in [1.29, 1.82) is 0 Å². The van der Waals surface area contributed by atoms with Gasteiger partial charge in [0.1, 0.15) is 0 Å². The highest BCUT2D eigenvalue weighted by Gasteiger charge is 2.19. The first-order valence-corrected chi connectivity index (χ1v) is 11.4. The molecule has 0 bridgehead atoms. The van der Waals surface area contributed by atoms with Crippen LogP contribution in [0.5, 0.6) is 11.5 Å². The maximum atomic E-state index is 12.6. The number of hydrogen-bond acceptors (Lipinski definition) is 7. The molecule has 2 aromatic carbocycles. The molecule has 2 aromatic heterocycles. The number of amides is 1. The Labute approximate surface area is 195 Å². The average Bonchev–Trinajstić information content (AvgIpc) is 3.49. The van der Waals surface area contributed by atoms with Gasteiger partial charge >= 0.3 is 0 Å². The van der Waals surface area contributed by atoms with Crippen LogP contribution in [-0.4, -0.2) is 38.2 Å². The highest BCUT2D eigenvalue weighted by molar-refractivity contribution is 7.99. The van der Waals surface area contributed by atoms with E-state index in [-0.39, 0.29) is 18.5 Å². The molecule has 1 N–H and O–H groups in total. The summed E-state index contributed by atoms with van der Waals surface area (Å²) in [6.07, 6.45) is 3.45. The Bertz CT molecular complexity index is 1290. The maximum absolute atomic E-state index is 12.6. The number of rotatable bonds is 7. The molecule has 166 valence electrons. The van der Waals surface area contributed by atoms with E-state index >= 15 is 0 Å². The van der Waals surface area contributed by atoms with E-state index < -0.39 is 0 Å². The number of nitrogens with one attached hydrogen (secondary N) is 1. The summed E-state index contributed by atoms with van der Waals surface area (Å²) in [5.41, 5.74) is 3.90. The van der Waals surface area contributed by atoms with Crippen LogP contribution in [0.3, 0.4) is 0 Å². The van der Waals surface area contributed by atoms with Gasteiger partial charge in [-0.15, -0.1) is 10.2 Å². The molecule has 9 heteroatoms. The molecule has 1 amide bonds. The second-order valence-electron chi connectivity index (χ2n) is 7.42. The largest absolute Gasteiger partial charge is 0.454 e. The van der Waals surface area contributed by atoms with Crippen LogP contribution in [0.4, 0.5) is 0 Å². The van der Waals surface area contributed by atoms with Crippen molar-refractivity contribution >= 4 is 17.7 Å². The number of thioether (sulfide) groups is 1. The van der Waals surface area contributed by atoms with Gasteiger partial charge in [0.05, 0.1) is 11.4 Å². The zero-order valence-corrected chi connectivity index (χ0v) is 18.7. The number of aryl methyl sites for hydroxylation is 1. The van der Waals surface area contributed by atoms with Crippen molar-refractivity contribution < 1.29 is 14.3 Å². The molecular weight excluding hydrogens is 438 g/mol. The number of aromatic nitrogens is 4. The Morgan fingerprint density at radius 3 is 2.73 bits per heavy atom. The van der Waals surface area contributed by atoms with Gasteiger partial charge in [-0.2, -0.15) is 0 Å². The van der Waals surface area contributed by atoms with Gasteiger partial charge in [-0.05, 0) is 48.4 Å². The number of benzene rings is 2. The van der Waals surface area contributed by atoms with Crippen molar-refractivity contribution in [3.8, 4) is 28.6 Å². The van der Waals surface area contributed by atoms with Gasteiger partial charge in [0.2, 0.25) is 12.7 Å². The minimum Gasteiger partial charge on any atom is -0.454 e. The summed E-state index contributed by atoms with van der Waals surface area (Å²) in [5.74, 6) is 2.25. The Morgan fingerprint density at radius 2 is 1.88 bits per heavy atom. The molecule has 3 heterocycles. The molecule has 0 radical (unpaired) electrons. The number of para-hydroxylation sites is 1. The van der Waals surface area contributed by atoms with Crippen LogP contribution in [0.15, 0.2) is 72.1 Å². The number of ether oxygens (including phenoxy) is 2. The fourth-order valence-electron chi connectivity index (χ4n) is 3.52. The molecule has 0 atom stereocenters. The van der Waals surface area contributed by atoms with Crippen LogP contribution in [0, 0.1) is 6.92 Å². The van der Waals surface area contributed by atoms with Crippen molar-refractivity contribution in [3.63, 3.8) is 0 Å². The topological polar surface area (TPSA) is 91.2 Å². The summed E-state index contributed by atoms with van der Waals surface area (Å²) in [4.78, 5) is 16.7. The van der Waals surface area contributed by atoms with E-state index in [0.29, 0.717) is 23.3 Å². The molecule has 1 aliphatic rings. The third-order valence-corrected chi connectivity index (χ3v) is 6.12. The van der Waals surface area contributed by atoms with Crippen LogP contribution in [0.25, 0.3) is 17.1 Å². The van der Waals surface area contributed by atoms with Crippen molar-refractivity contribution in [2.24, 2.45) is 0 Å². The van der Waals surface area contributed by atoms with E-state index in [9.17, 15) is 4.79 Å². The van der Waals surface area contributed by atoms with Crippen LogP contribution < -0.4 is 14.8 Å². The molecule has 5 rings (SSSR count). The fraction of sp³-hybridized carbons (Fsp3) is 0.167. The average molecular weight is 460 g/mol. The first-order chi connectivity index (χ1) is 16.2. The van der Waals surface area contributed by atoms with E-state index in [2.05, 4.69) is 20.5 Å². The molecule has 0 saturated carbocycles. The lowest BCUT2D eigenvalue weighted by molar-refractivity contribution is -0.118. The quantitative estimate of drug-likeness (QED) is 0.421. The number of pyridine rings is 1. The van der Waals surface area contributed by atoms with Crippen molar-refractivity contribution in [2.45, 2.75) is 18.6 Å². The zero-order valence-electron chi connectivity index (χ0n) is 17.9. The SMILES string of the molecule is Cc1ccccc1-n1c(SCC(=O)NCc2ccc3c(c2)OCO3)nnc1-c1ccncc1. The normalized spacial score (nSPS) is 12.0. The minimum atomic E-state index is -0.0949. The number of carbonyl (C=O) groups excluding carboxylic acids is 1. The van der Waals surface area contributed by atoms with Crippen LogP contribution in [-0.2, 0) is 11.3 Å². The molecule has 0 fully saturated rings. The van der Waals surface area contributed by atoms with Crippen molar-refractivity contribution in [2.75, 3.05) is 12.5 Å². The van der Waals surface area contributed by atoms with Gasteiger partial charge in [-0.3, -0.25) is 14.3 Å². The smallest absolute Gasteiger partial charge is 0.231 e. The molecular formula is C24H21N5O3S. The molecule has 33 heavy (non-hydrogen) atoms. The molecule has 8 nitrogen and oxygen atoms in total. The Kier molecular flexibility index (Phi) is 5.95. The zero-order chi connectivity index (χ0) is 22.6. The molecule has 4 aromatic rings. The second-order valence-corrected chi connectivity index (χ2v) is 8.36. The molecule has 0 unspecified atom stereocenters. The minimum absolute atomic E-state index is 0.0949. The number of nitrogens with zero attached hydrogens (tertiary/aromatic N) is 4. The number of fused-ring (bicyclic) bond motifs is 1. The first-order valence-electron chi connectivity index (χ1n) is 10.4. The van der Waals surface area contributed by atoms with E-state index in [1.807, 2.05) is 66.1 Å². The monoisotopic (exact) mass is 459 g/mol. The summed E-state index contributed by atoms with van der Waals surface area (Å²) in [7, 11) is 0. The Hall–Kier alpha value is -3.85. The van der Waals surface area contributed by atoms with E-state index in [4.69, 9.17) is 9.47 Å². The molecule has 0 spiro atoms.